The van der Waals surface area contributed by atoms with E-state index in [2.05, 4.69) is 55.6 Å². The van der Waals surface area contributed by atoms with Crippen LogP contribution in [-0.2, 0) is 4.79 Å². The molecule has 0 rings (SSSR count). The molecule has 1 amide bonds. The van der Waals surface area contributed by atoms with Crippen molar-refractivity contribution >= 4 is 5.91 Å². The van der Waals surface area contributed by atoms with Gasteiger partial charge in [0.25, 0.3) is 0 Å². The van der Waals surface area contributed by atoms with Crippen molar-refractivity contribution in [1.29, 1.82) is 0 Å². The molecule has 0 saturated carbocycles. The van der Waals surface area contributed by atoms with Crippen LogP contribution < -0.4 is 5.32 Å². The van der Waals surface area contributed by atoms with Crippen LogP contribution in [0.5, 0.6) is 0 Å². The number of unbranched alkanes of at least 4 members (excludes halogenated alkanes) is 43. The predicted molar refractivity (Wildman–Crippen MR) is 299 cm³/mol. The topological polar surface area (TPSA) is 69.6 Å². The SMILES string of the molecule is CCCCCCC/C=C\C/C=C\C/C=C\CCCCCCCCCCCCCCCCC(=O)NC(CO)C(O)/C=C/CCCCCCCCCCCCCCCCCCCCCCCCCC. The molecule has 0 spiro atoms. The minimum Gasteiger partial charge on any atom is -0.394 e. The largest absolute Gasteiger partial charge is 0.394 e. The smallest absolute Gasteiger partial charge is 0.220 e. The summed E-state index contributed by atoms with van der Waals surface area (Å²) in [5, 5.41) is 23.2. The van der Waals surface area contributed by atoms with Gasteiger partial charge in [-0.15, -0.1) is 0 Å². The van der Waals surface area contributed by atoms with Gasteiger partial charge in [-0.2, -0.15) is 0 Å². The van der Waals surface area contributed by atoms with E-state index in [0.29, 0.717) is 6.42 Å². The molecule has 0 aromatic rings. The zero-order valence-corrected chi connectivity index (χ0v) is 45.4. The van der Waals surface area contributed by atoms with E-state index < -0.39 is 12.1 Å². The number of rotatable bonds is 56. The molecule has 0 radical (unpaired) electrons. The first-order chi connectivity index (χ1) is 33.2. The number of hydrogen-bond donors (Lipinski definition) is 3. The number of hydrogen-bond acceptors (Lipinski definition) is 3. The van der Waals surface area contributed by atoms with Crippen molar-refractivity contribution in [2.45, 2.75) is 341 Å². The Bertz CT molecular complexity index is 1060. The number of aliphatic hydroxyl groups excluding tert-OH is 2. The third kappa shape index (κ3) is 55.2. The number of allylic oxidation sites excluding steroid dienone is 7. The standard InChI is InChI=1S/C63H119NO3/c1-3-5-7-9-11-13-15-17-19-21-23-25-27-29-31-32-33-35-37-39-41-43-45-47-49-51-53-55-57-59-63(67)64-61(60-65)62(66)58-56-54-52-50-48-46-44-42-40-38-36-34-30-28-26-24-22-20-18-16-14-12-10-8-6-4-2/h15,17,21,23,27,29,56,58,61-62,65-66H,3-14,16,18-20,22,24-26,28,30-55,57,59-60H2,1-2H3,(H,64,67)/b17-15-,23-21-,29-27-,58-56+. The van der Waals surface area contributed by atoms with Gasteiger partial charge in [-0.3, -0.25) is 4.79 Å². The normalized spacial score (nSPS) is 13.1. The molecule has 394 valence electrons. The van der Waals surface area contributed by atoms with E-state index in [1.54, 1.807) is 6.08 Å². The Kier molecular flexibility index (Phi) is 57.2. The van der Waals surface area contributed by atoms with Gasteiger partial charge in [0.15, 0.2) is 0 Å². The molecular formula is C63H119NO3. The first-order valence-corrected chi connectivity index (χ1v) is 30.4. The molecule has 0 aliphatic heterocycles. The Morgan fingerprint density at radius 2 is 0.612 bits per heavy atom. The summed E-state index contributed by atoms with van der Waals surface area (Å²) in [7, 11) is 0. The maximum atomic E-state index is 12.5. The molecule has 0 fully saturated rings. The second-order valence-electron chi connectivity index (χ2n) is 20.8. The number of carbonyl (C=O) groups excluding carboxylic acids is 1. The highest BCUT2D eigenvalue weighted by Crippen LogP contribution is 2.18. The molecule has 4 nitrogen and oxygen atoms in total. The van der Waals surface area contributed by atoms with E-state index in [0.717, 1.165) is 38.5 Å². The molecule has 0 aromatic heterocycles. The summed E-state index contributed by atoms with van der Waals surface area (Å²) in [4.78, 5) is 12.5. The van der Waals surface area contributed by atoms with Gasteiger partial charge < -0.3 is 15.5 Å². The lowest BCUT2D eigenvalue weighted by Gasteiger charge is -2.20. The molecule has 0 aromatic carbocycles. The van der Waals surface area contributed by atoms with Gasteiger partial charge in [-0.25, -0.2) is 0 Å². The van der Waals surface area contributed by atoms with Crippen molar-refractivity contribution in [2.75, 3.05) is 6.61 Å². The fourth-order valence-corrected chi connectivity index (χ4v) is 9.42. The van der Waals surface area contributed by atoms with E-state index in [1.165, 1.54) is 270 Å². The van der Waals surface area contributed by atoms with Crippen LogP contribution in [0.1, 0.15) is 328 Å². The minimum atomic E-state index is -0.841. The lowest BCUT2D eigenvalue weighted by molar-refractivity contribution is -0.123. The number of nitrogens with one attached hydrogen (secondary N) is 1. The molecule has 2 atom stereocenters. The van der Waals surface area contributed by atoms with Gasteiger partial charge >= 0.3 is 0 Å². The fourth-order valence-electron chi connectivity index (χ4n) is 9.42. The Morgan fingerprint density at radius 3 is 0.910 bits per heavy atom. The van der Waals surface area contributed by atoms with Crippen LogP contribution in [0, 0.1) is 0 Å². The first-order valence-electron chi connectivity index (χ1n) is 30.4. The summed E-state index contributed by atoms with van der Waals surface area (Å²) in [6.07, 6.45) is 81.5. The van der Waals surface area contributed by atoms with Gasteiger partial charge in [-0.05, 0) is 57.8 Å². The zero-order valence-electron chi connectivity index (χ0n) is 45.4. The van der Waals surface area contributed by atoms with Crippen LogP contribution in [0.25, 0.3) is 0 Å². The van der Waals surface area contributed by atoms with Crippen LogP contribution >= 0.6 is 0 Å². The average molecular weight is 939 g/mol. The van der Waals surface area contributed by atoms with Crippen molar-refractivity contribution in [3.8, 4) is 0 Å². The minimum absolute atomic E-state index is 0.0609. The van der Waals surface area contributed by atoms with Crippen LogP contribution in [0.2, 0.25) is 0 Å². The van der Waals surface area contributed by atoms with Crippen LogP contribution in [0.15, 0.2) is 48.6 Å². The fraction of sp³-hybridized carbons (Fsp3) is 0.857. The summed E-state index contributed by atoms with van der Waals surface area (Å²) >= 11 is 0. The van der Waals surface area contributed by atoms with Gasteiger partial charge in [-0.1, -0.05) is 313 Å². The highest BCUT2D eigenvalue weighted by Gasteiger charge is 2.18. The first kappa shape index (κ1) is 65.3. The summed E-state index contributed by atoms with van der Waals surface area (Å²) in [6.45, 7) is 4.33. The number of amides is 1. The van der Waals surface area contributed by atoms with E-state index in [4.69, 9.17) is 0 Å². The summed E-state index contributed by atoms with van der Waals surface area (Å²) in [5.74, 6) is -0.0609. The van der Waals surface area contributed by atoms with Crippen LogP contribution in [-0.4, -0.2) is 34.9 Å². The monoisotopic (exact) mass is 938 g/mol. The summed E-state index contributed by atoms with van der Waals surface area (Å²) in [6, 6.07) is -0.624. The molecule has 0 saturated heterocycles. The lowest BCUT2D eigenvalue weighted by atomic mass is 10.0. The maximum absolute atomic E-state index is 12.5. The summed E-state index contributed by atoms with van der Waals surface area (Å²) in [5.41, 5.74) is 0. The van der Waals surface area contributed by atoms with Gasteiger partial charge in [0.1, 0.15) is 0 Å². The van der Waals surface area contributed by atoms with E-state index in [9.17, 15) is 15.0 Å². The highest BCUT2D eigenvalue weighted by molar-refractivity contribution is 5.76. The predicted octanol–water partition coefficient (Wildman–Crippen LogP) is 20.2. The Labute approximate surface area is 420 Å². The van der Waals surface area contributed by atoms with Crippen molar-refractivity contribution < 1.29 is 15.0 Å². The lowest BCUT2D eigenvalue weighted by Crippen LogP contribution is -2.45. The van der Waals surface area contributed by atoms with E-state index >= 15 is 0 Å². The highest BCUT2D eigenvalue weighted by atomic mass is 16.3. The molecule has 2 unspecified atom stereocenters. The molecular weight excluding hydrogens is 819 g/mol. The molecule has 67 heavy (non-hydrogen) atoms. The number of carbonyl (C=O) groups is 1. The van der Waals surface area contributed by atoms with Crippen LogP contribution in [0.4, 0.5) is 0 Å². The summed E-state index contributed by atoms with van der Waals surface area (Å²) < 4.78 is 0. The van der Waals surface area contributed by atoms with Crippen molar-refractivity contribution in [1.82, 2.24) is 5.32 Å². The van der Waals surface area contributed by atoms with Crippen LogP contribution in [0.3, 0.4) is 0 Å². The maximum Gasteiger partial charge on any atom is 0.220 e. The van der Waals surface area contributed by atoms with Gasteiger partial charge in [0.05, 0.1) is 18.8 Å². The Hall–Kier alpha value is -1.65. The second-order valence-corrected chi connectivity index (χ2v) is 20.8. The average Bonchev–Trinajstić information content (AvgIpc) is 3.33. The number of aliphatic hydroxyl groups is 2. The molecule has 0 bridgehead atoms. The Balaban J connectivity index is 3.48. The van der Waals surface area contributed by atoms with Crippen molar-refractivity contribution in [3.63, 3.8) is 0 Å². The Morgan fingerprint density at radius 1 is 0.358 bits per heavy atom. The molecule has 0 aliphatic carbocycles. The third-order valence-electron chi connectivity index (χ3n) is 14.1. The van der Waals surface area contributed by atoms with Gasteiger partial charge in [0.2, 0.25) is 5.91 Å². The van der Waals surface area contributed by atoms with Crippen molar-refractivity contribution in [3.05, 3.63) is 48.6 Å². The molecule has 4 heteroatoms. The van der Waals surface area contributed by atoms with Crippen molar-refractivity contribution in [2.24, 2.45) is 0 Å². The second kappa shape index (κ2) is 58.7. The van der Waals surface area contributed by atoms with E-state index in [1.807, 2.05) is 6.08 Å². The molecule has 0 heterocycles. The third-order valence-corrected chi connectivity index (χ3v) is 14.1. The zero-order chi connectivity index (χ0) is 48.5. The quantitative estimate of drug-likeness (QED) is 0.0420. The molecule has 3 N–H and O–H groups in total. The molecule has 0 aliphatic rings. The van der Waals surface area contributed by atoms with Gasteiger partial charge in [0, 0.05) is 6.42 Å². The van der Waals surface area contributed by atoms with E-state index in [-0.39, 0.29) is 12.5 Å².